The summed E-state index contributed by atoms with van der Waals surface area (Å²) in [6.07, 6.45) is 0. The summed E-state index contributed by atoms with van der Waals surface area (Å²) < 4.78 is 2.19. The van der Waals surface area contributed by atoms with Crippen LogP contribution in [0, 0.1) is 0 Å². The third-order valence-corrected chi connectivity index (χ3v) is 6.45. The number of para-hydroxylation sites is 1. The molecule has 1 aliphatic heterocycles. The van der Waals surface area contributed by atoms with Gasteiger partial charge in [0.05, 0.1) is 5.52 Å². The predicted molar refractivity (Wildman–Crippen MR) is 130 cm³/mol. The average Bonchev–Trinajstić information content (AvgIpc) is 2.77. The number of likely N-dealkylation sites (N-methyl/N-ethyl adjacent to an activating group) is 1. The molecule has 0 unspecified atom stereocenters. The average molecular weight is 443 g/mol. The maximum atomic E-state index is 6.26. The quantitative estimate of drug-likeness (QED) is 0.434. The van der Waals surface area contributed by atoms with Crippen molar-refractivity contribution >= 4 is 51.9 Å². The second-order valence-corrected chi connectivity index (χ2v) is 9.07. The van der Waals surface area contributed by atoms with Crippen LogP contribution in [0.3, 0.4) is 0 Å². The first kappa shape index (κ1) is 21.0. The Labute approximate surface area is 187 Å². The van der Waals surface area contributed by atoms with Gasteiger partial charge in [0.15, 0.2) is 0 Å². The first-order valence-corrected chi connectivity index (χ1v) is 11.5. The predicted octanol–water partition coefficient (Wildman–Crippen LogP) is 4.23. The lowest BCUT2D eigenvalue weighted by atomic mass is 10.2. The Hall–Kier alpha value is -2.22. The monoisotopic (exact) mass is 442 g/mol. The molecule has 3 aromatic rings. The van der Waals surface area contributed by atoms with Crippen LogP contribution in [0.25, 0.3) is 10.9 Å². The third kappa shape index (κ3) is 5.09. The van der Waals surface area contributed by atoms with E-state index in [0.29, 0.717) is 5.02 Å². The Balaban J connectivity index is 1.46. The van der Waals surface area contributed by atoms with Gasteiger partial charge in [0.1, 0.15) is 5.82 Å². The van der Waals surface area contributed by atoms with Crippen molar-refractivity contribution in [3.63, 3.8) is 0 Å². The molecule has 1 fully saturated rings. The number of rotatable bonds is 7. The molecule has 0 radical (unpaired) electrons. The molecule has 2 aromatic carbocycles. The number of nitrogens with one attached hydrogen (secondary N) is 1. The van der Waals surface area contributed by atoms with Gasteiger partial charge < -0.3 is 19.4 Å². The minimum absolute atomic E-state index is 0.694. The summed E-state index contributed by atoms with van der Waals surface area (Å²) >= 11 is 8.03. The fourth-order valence-corrected chi connectivity index (χ4v) is 4.35. The largest absolute Gasteiger partial charge is 0.368 e. The lowest BCUT2D eigenvalue weighted by Gasteiger charge is -2.32. The lowest BCUT2D eigenvalue weighted by molar-refractivity contribution is 0.311. The molecule has 4 rings (SSSR count). The molecule has 0 aliphatic carbocycles. The smallest absolute Gasteiger partial charge is 0.227 e. The summed E-state index contributed by atoms with van der Waals surface area (Å²) in [4.78, 5) is 14.3. The SMILES string of the molecule is CN1CCN(c2nc(NCCSN(C)c3ccccc3)c3cc(Cl)ccc3n2)CC1. The zero-order chi connectivity index (χ0) is 20.9. The lowest BCUT2D eigenvalue weighted by Crippen LogP contribution is -2.45. The third-order valence-electron chi connectivity index (χ3n) is 5.23. The van der Waals surface area contributed by atoms with Gasteiger partial charge in [0.2, 0.25) is 5.95 Å². The van der Waals surface area contributed by atoms with Gasteiger partial charge in [-0.15, -0.1) is 0 Å². The van der Waals surface area contributed by atoms with Crippen molar-refractivity contribution in [2.24, 2.45) is 0 Å². The van der Waals surface area contributed by atoms with Gasteiger partial charge in [-0.2, -0.15) is 4.98 Å². The van der Waals surface area contributed by atoms with E-state index >= 15 is 0 Å². The molecule has 1 aliphatic rings. The molecule has 1 saturated heterocycles. The van der Waals surface area contributed by atoms with Gasteiger partial charge in [-0.3, -0.25) is 0 Å². The van der Waals surface area contributed by atoms with Crippen molar-refractivity contribution in [3.8, 4) is 0 Å². The highest BCUT2D eigenvalue weighted by molar-refractivity contribution is 8.00. The number of benzene rings is 2. The number of nitrogens with zero attached hydrogens (tertiary/aromatic N) is 5. The molecule has 30 heavy (non-hydrogen) atoms. The fraction of sp³-hybridized carbons (Fsp3) is 0.364. The zero-order valence-electron chi connectivity index (χ0n) is 17.4. The summed E-state index contributed by atoms with van der Waals surface area (Å²) in [6, 6.07) is 16.2. The van der Waals surface area contributed by atoms with Crippen LogP contribution in [0.2, 0.25) is 5.02 Å². The van der Waals surface area contributed by atoms with Crippen molar-refractivity contribution in [1.82, 2.24) is 14.9 Å². The van der Waals surface area contributed by atoms with Crippen LogP contribution in [0.5, 0.6) is 0 Å². The van der Waals surface area contributed by atoms with E-state index in [9.17, 15) is 0 Å². The molecule has 0 bridgehead atoms. The van der Waals surface area contributed by atoms with E-state index in [0.717, 1.165) is 61.1 Å². The van der Waals surface area contributed by atoms with Crippen LogP contribution < -0.4 is 14.5 Å². The molecule has 1 N–H and O–H groups in total. The summed E-state index contributed by atoms with van der Waals surface area (Å²) in [7, 11) is 4.24. The Morgan fingerprint density at radius 3 is 2.60 bits per heavy atom. The second kappa shape index (κ2) is 9.73. The normalized spacial score (nSPS) is 14.8. The van der Waals surface area contributed by atoms with E-state index in [1.165, 1.54) is 5.69 Å². The Bertz CT molecular complexity index is 978. The summed E-state index contributed by atoms with van der Waals surface area (Å²) in [6.45, 7) is 4.71. The highest BCUT2D eigenvalue weighted by atomic mass is 35.5. The summed E-state index contributed by atoms with van der Waals surface area (Å²) in [5, 5.41) is 5.17. The van der Waals surface area contributed by atoms with Crippen molar-refractivity contribution in [1.29, 1.82) is 0 Å². The van der Waals surface area contributed by atoms with Crippen LogP contribution in [0.1, 0.15) is 0 Å². The highest BCUT2D eigenvalue weighted by Crippen LogP contribution is 2.27. The minimum Gasteiger partial charge on any atom is -0.368 e. The number of piperazine rings is 1. The van der Waals surface area contributed by atoms with Crippen LogP contribution in [0.4, 0.5) is 17.5 Å². The molecule has 158 valence electrons. The number of halogens is 1. The Kier molecular flexibility index (Phi) is 6.82. The molecular formula is C22H27ClN6S. The van der Waals surface area contributed by atoms with Crippen molar-refractivity contribution < 1.29 is 0 Å². The number of hydrogen-bond donors (Lipinski definition) is 1. The molecule has 0 amide bonds. The maximum Gasteiger partial charge on any atom is 0.227 e. The van der Waals surface area contributed by atoms with Gasteiger partial charge in [-0.1, -0.05) is 29.8 Å². The standard InChI is InChI=1S/C22H27ClN6S/c1-27-11-13-29(14-12-27)22-25-20-9-8-17(23)16-19(20)21(26-22)24-10-15-30-28(2)18-6-4-3-5-7-18/h3-9,16H,10-15H2,1-2H3,(H,24,25,26). The van der Waals surface area contributed by atoms with Gasteiger partial charge in [-0.05, 0) is 49.3 Å². The van der Waals surface area contributed by atoms with E-state index in [-0.39, 0.29) is 0 Å². The minimum atomic E-state index is 0.694. The van der Waals surface area contributed by atoms with Crippen molar-refractivity contribution in [2.45, 2.75) is 0 Å². The van der Waals surface area contributed by atoms with E-state index in [1.54, 1.807) is 11.9 Å². The first-order chi connectivity index (χ1) is 14.6. The van der Waals surface area contributed by atoms with Gasteiger partial charge in [0.25, 0.3) is 0 Å². The van der Waals surface area contributed by atoms with Crippen LogP contribution in [-0.4, -0.2) is 67.4 Å². The number of anilines is 3. The van der Waals surface area contributed by atoms with Crippen LogP contribution >= 0.6 is 23.5 Å². The Morgan fingerprint density at radius 2 is 1.83 bits per heavy atom. The molecular weight excluding hydrogens is 416 g/mol. The Morgan fingerprint density at radius 1 is 1.07 bits per heavy atom. The van der Waals surface area contributed by atoms with Gasteiger partial charge in [0, 0.05) is 61.6 Å². The van der Waals surface area contributed by atoms with Crippen molar-refractivity contribution in [2.75, 3.05) is 67.1 Å². The summed E-state index contributed by atoms with van der Waals surface area (Å²) in [5.74, 6) is 2.55. The molecule has 8 heteroatoms. The molecule has 2 heterocycles. The van der Waals surface area contributed by atoms with E-state index < -0.39 is 0 Å². The highest BCUT2D eigenvalue weighted by Gasteiger charge is 2.18. The molecule has 0 saturated carbocycles. The summed E-state index contributed by atoms with van der Waals surface area (Å²) in [5.41, 5.74) is 2.11. The van der Waals surface area contributed by atoms with Gasteiger partial charge in [-0.25, -0.2) is 4.98 Å². The fourth-order valence-electron chi connectivity index (χ4n) is 3.44. The topological polar surface area (TPSA) is 47.5 Å². The van der Waals surface area contributed by atoms with Crippen LogP contribution in [-0.2, 0) is 0 Å². The van der Waals surface area contributed by atoms with Crippen LogP contribution in [0.15, 0.2) is 48.5 Å². The molecule has 0 atom stereocenters. The van der Waals surface area contributed by atoms with E-state index in [2.05, 4.69) is 57.8 Å². The molecule has 1 aromatic heterocycles. The van der Waals surface area contributed by atoms with E-state index in [4.69, 9.17) is 21.6 Å². The molecule has 0 spiro atoms. The first-order valence-electron chi connectivity index (χ1n) is 10.2. The van der Waals surface area contributed by atoms with Crippen molar-refractivity contribution in [3.05, 3.63) is 53.6 Å². The van der Waals surface area contributed by atoms with E-state index in [1.807, 2.05) is 24.3 Å². The number of aromatic nitrogens is 2. The van der Waals surface area contributed by atoms with Gasteiger partial charge >= 0.3 is 0 Å². The number of hydrogen-bond acceptors (Lipinski definition) is 7. The second-order valence-electron chi connectivity index (χ2n) is 7.42. The molecule has 6 nitrogen and oxygen atoms in total. The number of fused-ring (bicyclic) bond motifs is 1. The zero-order valence-corrected chi connectivity index (χ0v) is 19.0. The maximum absolute atomic E-state index is 6.26.